The molecule has 0 amide bonds. The summed E-state index contributed by atoms with van der Waals surface area (Å²) in [6.45, 7) is 0.907. The Morgan fingerprint density at radius 1 is 1.19 bits per heavy atom. The Balaban J connectivity index is 1.56. The van der Waals surface area contributed by atoms with Crippen molar-refractivity contribution >= 4 is 5.69 Å². The quantitative estimate of drug-likeness (QED) is 0.798. The molecule has 0 radical (unpaired) electrons. The van der Waals surface area contributed by atoms with Crippen LogP contribution in [0.2, 0.25) is 0 Å². The van der Waals surface area contributed by atoms with E-state index in [1.54, 1.807) is 12.4 Å². The molecule has 5 heteroatoms. The lowest BCUT2D eigenvalue weighted by Gasteiger charge is -2.05. The summed E-state index contributed by atoms with van der Waals surface area (Å²) in [5, 5.41) is 7.45. The van der Waals surface area contributed by atoms with E-state index in [-0.39, 0.29) is 0 Å². The fourth-order valence-corrected chi connectivity index (χ4v) is 2.70. The van der Waals surface area contributed by atoms with E-state index < -0.39 is 0 Å². The molecule has 0 saturated heterocycles. The van der Waals surface area contributed by atoms with Gasteiger partial charge in [-0.05, 0) is 23.8 Å². The van der Waals surface area contributed by atoms with E-state index >= 15 is 0 Å². The molecule has 1 aliphatic heterocycles. The van der Waals surface area contributed by atoms with Crippen molar-refractivity contribution in [1.29, 1.82) is 0 Å². The average Bonchev–Trinajstić information content (AvgIpc) is 3.17. The van der Waals surface area contributed by atoms with Crippen molar-refractivity contribution in [2.24, 2.45) is 0 Å². The number of fused-ring (bicyclic) bond motifs is 1. The minimum absolute atomic E-state index is 0.378. The van der Waals surface area contributed by atoms with E-state index in [0.717, 1.165) is 18.5 Å². The second-order valence-corrected chi connectivity index (χ2v) is 5.12. The maximum Gasteiger partial charge on any atom is 0.227 e. The highest BCUT2D eigenvalue weighted by Gasteiger charge is 2.24. The molecule has 0 bridgehead atoms. The van der Waals surface area contributed by atoms with Crippen molar-refractivity contribution in [3.63, 3.8) is 0 Å². The van der Waals surface area contributed by atoms with E-state index in [2.05, 4.69) is 38.6 Å². The lowest BCUT2D eigenvalue weighted by molar-refractivity contribution is 0.372. The fraction of sp³-hybridized carbons (Fsp3) is 0.188. The van der Waals surface area contributed by atoms with Gasteiger partial charge in [-0.1, -0.05) is 23.4 Å². The molecule has 0 spiro atoms. The molecule has 4 rings (SSSR count). The first kappa shape index (κ1) is 12.1. The van der Waals surface area contributed by atoms with Gasteiger partial charge in [-0.25, -0.2) is 0 Å². The lowest BCUT2D eigenvalue weighted by Crippen LogP contribution is -2.05. The smallest absolute Gasteiger partial charge is 0.227 e. The highest BCUT2D eigenvalue weighted by Crippen LogP contribution is 2.33. The van der Waals surface area contributed by atoms with Gasteiger partial charge in [-0.2, -0.15) is 4.98 Å². The van der Waals surface area contributed by atoms with Crippen LogP contribution < -0.4 is 5.32 Å². The Hall–Kier alpha value is -2.69. The summed E-state index contributed by atoms with van der Waals surface area (Å²) in [5.41, 5.74) is 3.39. The number of anilines is 1. The van der Waals surface area contributed by atoms with Gasteiger partial charge in [0, 0.05) is 42.5 Å². The first-order valence-electron chi connectivity index (χ1n) is 6.96. The Morgan fingerprint density at radius 2 is 2.14 bits per heavy atom. The van der Waals surface area contributed by atoms with E-state index in [0.29, 0.717) is 17.6 Å². The SMILES string of the molecule is c1cncc(-c2noc(CC3CNc4ccccc43)n2)c1. The predicted octanol–water partition coefficient (Wildman–Crippen LogP) is 2.88. The highest BCUT2D eigenvalue weighted by molar-refractivity contribution is 5.58. The van der Waals surface area contributed by atoms with Crippen LogP contribution in [0.25, 0.3) is 11.4 Å². The lowest BCUT2D eigenvalue weighted by atomic mass is 9.98. The molecule has 1 aromatic carbocycles. The molecule has 21 heavy (non-hydrogen) atoms. The number of nitrogens with one attached hydrogen (secondary N) is 1. The van der Waals surface area contributed by atoms with Gasteiger partial charge in [0.25, 0.3) is 0 Å². The molecule has 1 aliphatic rings. The third-order valence-electron chi connectivity index (χ3n) is 3.75. The summed E-state index contributed by atoms with van der Waals surface area (Å²) in [4.78, 5) is 8.54. The van der Waals surface area contributed by atoms with Crippen LogP contribution in [0.3, 0.4) is 0 Å². The monoisotopic (exact) mass is 278 g/mol. The summed E-state index contributed by atoms with van der Waals surface area (Å²) in [5.74, 6) is 1.64. The van der Waals surface area contributed by atoms with Crippen LogP contribution in [-0.4, -0.2) is 21.7 Å². The molecule has 1 N–H and O–H groups in total. The van der Waals surface area contributed by atoms with Crippen LogP contribution in [0.1, 0.15) is 17.4 Å². The Bertz CT molecular complexity index is 754. The zero-order valence-electron chi connectivity index (χ0n) is 11.4. The number of para-hydroxylation sites is 1. The maximum absolute atomic E-state index is 5.38. The minimum Gasteiger partial charge on any atom is -0.384 e. The molecule has 5 nitrogen and oxygen atoms in total. The molecule has 1 atom stereocenters. The molecule has 3 heterocycles. The van der Waals surface area contributed by atoms with Gasteiger partial charge >= 0.3 is 0 Å². The molecular formula is C16H14N4O. The third kappa shape index (κ3) is 2.27. The third-order valence-corrected chi connectivity index (χ3v) is 3.75. The van der Waals surface area contributed by atoms with E-state index in [9.17, 15) is 0 Å². The summed E-state index contributed by atoms with van der Waals surface area (Å²) in [7, 11) is 0. The second-order valence-electron chi connectivity index (χ2n) is 5.12. The Labute approximate surface area is 122 Å². The molecule has 3 aromatic rings. The number of hydrogen-bond acceptors (Lipinski definition) is 5. The number of pyridine rings is 1. The standard InChI is InChI=1S/C16H14N4O/c1-2-6-14-13(5-1)12(10-18-14)8-15-19-16(20-21-15)11-4-3-7-17-9-11/h1-7,9,12,18H,8,10H2. The van der Waals surface area contributed by atoms with Gasteiger partial charge in [0.2, 0.25) is 11.7 Å². The molecule has 0 saturated carbocycles. The van der Waals surface area contributed by atoms with Crippen LogP contribution in [0, 0.1) is 0 Å². The normalized spacial score (nSPS) is 16.5. The van der Waals surface area contributed by atoms with Crippen LogP contribution in [0.5, 0.6) is 0 Å². The zero-order chi connectivity index (χ0) is 14.1. The summed E-state index contributed by atoms with van der Waals surface area (Å²) in [6, 6.07) is 12.1. The van der Waals surface area contributed by atoms with Gasteiger partial charge in [-0.15, -0.1) is 0 Å². The van der Waals surface area contributed by atoms with Gasteiger partial charge in [-0.3, -0.25) is 4.98 Å². The maximum atomic E-state index is 5.38. The molecule has 0 fully saturated rings. The summed E-state index contributed by atoms with van der Waals surface area (Å²) >= 11 is 0. The second kappa shape index (κ2) is 5.01. The van der Waals surface area contributed by atoms with Crippen molar-refractivity contribution in [1.82, 2.24) is 15.1 Å². The number of rotatable bonds is 3. The molecule has 2 aromatic heterocycles. The van der Waals surface area contributed by atoms with Crippen molar-refractivity contribution in [2.45, 2.75) is 12.3 Å². The summed E-state index contributed by atoms with van der Waals surface area (Å²) in [6.07, 6.45) is 4.21. The topological polar surface area (TPSA) is 63.8 Å². The number of aromatic nitrogens is 3. The van der Waals surface area contributed by atoms with Crippen molar-refractivity contribution in [2.75, 3.05) is 11.9 Å². The van der Waals surface area contributed by atoms with Gasteiger partial charge in [0.1, 0.15) is 0 Å². The van der Waals surface area contributed by atoms with Crippen molar-refractivity contribution < 1.29 is 4.52 Å². The molecule has 0 aliphatic carbocycles. The molecule has 1 unspecified atom stereocenters. The van der Waals surface area contributed by atoms with E-state index in [1.165, 1.54) is 11.3 Å². The number of nitrogens with zero attached hydrogens (tertiary/aromatic N) is 3. The number of hydrogen-bond donors (Lipinski definition) is 1. The highest BCUT2D eigenvalue weighted by atomic mass is 16.5. The van der Waals surface area contributed by atoms with Crippen LogP contribution in [0.15, 0.2) is 53.3 Å². The average molecular weight is 278 g/mol. The number of benzene rings is 1. The fourth-order valence-electron chi connectivity index (χ4n) is 2.70. The van der Waals surface area contributed by atoms with Crippen molar-refractivity contribution in [3.05, 3.63) is 60.2 Å². The van der Waals surface area contributed by atoms with Gasteiger partial charge in [0.05, 0.1) is 0 Å². The first-order valence-corrected chi connectivity index (χ1v) is 6.96. The van der Waals surface area contributed by atoms with Crippen LogP contribution >= 0.6 is 0 Å². The van der Waals surface area contributed by atoms with Crippen molar-refractivity contribution in [3.8, 4) is 11.4 Å². The molecule has 104 valence electrons. The molecular weight excluding hydrogens is 264 g/mol. The Kier molecular flexibility index (Phi) is 2.88. The van der Waals surface area contributed by atoms with Crippen LogP contribution in [-0.2, 0) is 6.42 Å². The first-order chi connectivity index (χ1) is 10.4. The Morgan fingerprint density at radius 3 is 3.05 bits per heavy atom. The largest absolute Gasteiger partial charge is 0.384 e. The zero-order valence-corrected chi connectivity index (χ0v) is 11.4. The summed E-state index contributed by atoms with van der Waals surface area (Å²) < 4.78 is 5.38. The van der Waals surface area contributed by atoms with Crippen LogP contribution in [0.4, 0.5) is 5.69 Å². The predicted molar refractivity (Wildman–Crippen MR) is 78.9 cm³/mol. The van der Waals surface area contributed by atoms with E-state index in [4.69, 9.17) is 4.52 Å². The van der Waals surface area contributed by atoms with Gasteiger partial charge in [0.15, 0.2) is 0 Å². The van der Waals surface area contributed by atoms with E-state index in [1.807, 2.05) is 18.2 Å². The minimum atomic E-state index is 0.378. The van der Waals surface area contributed by atoms with Gasteiger partial charge < -0.3 is 9.84 Å².